The van der Waals surface area contributed by atoms with Crippen LogP contribution < -0.4 is 10.6 Å². The van der Waals surface area contributed by atoms with Crippen LogP contribution in [0.25, 0.3) is 0 Å². The Kier molecular flexibility index (Phi) is 6.41. The Hall–Kier alpha value is -1.14. The average Bonchev–Trinajstić information content (AvgIpc) is 2.46. The number of carbonyl (C=O) groups is 1. The summed E-state index contributed by atoms with van der Waals surface area (Å²) in [4.78, 5) is 16.2. The molecule has 1 saturated carbocycles. The zero-order valence-electron chi connectivity index (χ0n) is 14.1. The van der Waals surface area contributed by atoms with E-state index in [9.17, 15) is 4.79 Å². The first kappa shape index (κ1) is 18.2. The first-order valence-corrected chi connectivity index (χ1v) is 8.94. The van der Waals surface area contributed by atoms with Crippen LogP contribution in [0.4, 0.5) is 4.79 Å². The van der Waals surface area contributed by atoms with Crippen molar-refractivity contribution in [3.8, 4) is 0 Å². The molecule has 1 amide bonds. The molecule has 2 rings (SSSR count). The molecule has 0 saturated heterocycles. The number of carbonyl (C=O) groups excluding carboxylic acids is 1. The van der Waals surface area contributed by atoms with Gasteiger partial charge in [0, 0.05) is 29.3 Å². The summed E-state index contributed by atoms with van der Waals surface area (Å²) in [7, 11) is 0. The number of rotatable bonds is 4. The smallest absolute Gasteiger partial charge is 0.407 e. The molecule has 1 fully saturated rings. The zero-order chi connectivity index (χ0) is 16.9. The van der Waals surface area contributed by atoms with E-state index in [0.29, 0.717) is 6.04 Å². The molecule has 128 valence electrons. The van der Waals surface area contributed by atoms with Gasteiger partial charge in [-0.1, -0.05) is 0 Å². The van der Waals surface area contributed by atoms with Gasteiger partial charge in [0.25, 0.3) is 0 Å². The number of hydrogen-bond donors (Lipinski definition) is 2. The largest absolute Gasteiger partial charge is 0.444 e. The van der Waals surface area contributed by atoms with Crippen LogP contribution >= 0.6 is 15.9 Å². The third-order valence-corrected chi connectivity index (χ3v) is 4.28. The SMILES string of the molecule is CC(C)(C)OC(=O)N[C@H]1CC[C@H](NCc2ccc(Br)cn2)CC1. The van der Waals surface area contributed by atoms with Crippen LogP contribution in [-0.2, 0) is 11.3 Å². The van der Waals surface area contributed by atoms with E-state index in [0.717, 1.165) is 42.4 Å². The number of hydrogen-bond acceptors (Lipinski definition) is 4. The summed E-state index contributed by atoms with van der Waals surface area (Å²) in [6, 6.07) is 4.73. The maximum absolute atomic E-state index is 11.8. The number of aromatic nitrogens is 1. The van der Waals surface area contributed by atoms with E-state index in [4.69, 9.17) is 4.74 Å². The zero-order valence-corrected chi connectivity index (χ0v) is 15.6. The van der Waals surface area contributed by atoms with Gasteiger partial charge in [-0.25, -0.2) is 4.79 Å². The van der Waals surface area contributed by atoms with E-state index in [2.05, 4.69) is 31.5 Å². The molecule has 0 spiro atoms. The Bertz CT molecular complexity index is 506. The highest BCUT2D eigenvalue weighted by atomic mass is 79.9. The fourth-order valence-corrected chi connectivity index (χ4v) is 2.91. The average molecular weight is 384 g/mol. The van der Waals surface area contributed by atoms with Crippen molar-refractivity contribution in [2.45, 2.75) is 70.7 Å². The summed E-state index contributed by atoms with van der Waals surface area (Å²) in [5.74, 6) is 0. The lowest BCUT2D eigenvalue weighted by molar-refractivity contribution is 0.0489. The van der Waals surface area contributed by atoms with Crippen molar-refractivity contribution in [2.75, 3.05) is 0 Å². The lowest BCUT2D eigenvalue weighted by Gasteiger charge is -2.30. The number of ether oxygens (including phenoxy) is 1. The first-order valence-electron chi connectivity index (χ1n) is 8.15. The Morgan fingerprint density at radius 2 is 1.91 bits per heavy atom. The van der Waals surface area contributed by atoms with Crippen LogP contribution in [0.15, 0.2) is 22.8 Å². The quantitative estimate of drug-likeness (QED) is 0.830. The van der Waals surface area contributed by atoms with Gasteiger partial charge in [-0.2, -0.15) is 0 Å². The number of halogens is 1. The second-order valence-electron chi connectivity index (χ2n) is 7.04. The Labute approximate surface area is 146 Å². The van der Waals surface area contributed by atoms with Crippen molar-refractivity contribution in [3.05, 3.63) is 28.5 Å². The van der Waals surface area contributed by atoms with E-state index < -0.39 is 5.60 Å². The van der Waals surface area contributed by atoms with Crippen molar-refractivity contribution in [3.63, 3.8) is 0 Å². The normalized spacial score (nSPS) is 21.7. The van der Waals surface area contributed by atoms with Gasteiger partial charge >= 0.3 is 6.09 Å². The van der Waals surface area contributed by atoms with Crippen LogP contribution in [-0.4, -0.2) is 28.8 Å². The third-order valence-electron chi connectivity index (χ3n) is 3.81. The van der Waals surface area contributed by atoms with Crippen LogP contribution in [0.1, 0.15) is 52.1 Å². The Morgan fingerprint density at radius 3 is 2.48 bits per heavy atom. The fraction of sp³-hybridized carbons (Fsp3) is 0.647. The van der Waals surface area contributed by atoms with Crippen molar-refractivity contribution in [1.29, 1.82) is 0 Å². The molecule has 5 nitrogen and oxygen atoms in total. The summed E-state index contributed by atoms with van der Waals surface area (Å²) in [5.41, 5.74) is 0.600. The summed E-state index contributed by atoms with van der Waals surface area (Å²) in [6.07, 6.45) is 5.56. The second-order valence-corrected chi connectivity index (χ2v) is 7.96. The lowest BCUT2D eigenvalue weighted by Crippen LogP contribution is -2.43. The molecule has 0 aliphatic heterocycles. The number of nitrogens with one attached hydrogen (secondary N) is 2. The fourth-order valence-electron chi connectivity index (χ4n) is 2.68. The molecule has 0 aromatic carbocycles. The van der Waals surface area contributed by atoms with Crippen LogP contribution in [0.2, 0.25) is 0 Å². The molecule has 1 aromatic heterocycles. The minimum Gasteiger partial charge on any atom is -0.444 e. The van der Waals surface area contributed by atoms with Crippen molar-refractivity contribution >= 4 is 22.0 Å². The Balaban J connectivity index is 1.67. The molecule has 0 unspecified atom stereocenters. The molecule has 1 aliphatic carbocycles. The molecular weight excluding hydrogens is 358 g/mol. The predicted octanol–water partition coefficient (Wildman–Crippen LogP) is 3.77. The molecule has 1 heterocycles. The van der Waals surface area contributed by atoms with Gasteiger partial charge < -0.3 is 15.4 Å². The van der Waals surface area contributed by atoms with Crippen LogP contribution in [0.3, 0.4) is 0 Å². The maximum Gasteiger partial charge on any atom is 0.407 e. The first-order chi connectivity index (χ1) is 10.8. The van der Waals surface area contributed by atoms with Gasteiger partial charge in [-0.05, 0) is 74.5 Å². The highest BCUT2D eigenvalue weighted by Gasteiger charge is 2.24. The summed E-state index contributed by atoms with van der Waals surface area (Å²) in [6.45, 7) is 6.42. The van der Waals surface area contributed by atoms with Gasteiger partial charge in [0.1, 0.15) is 5.60 Å². The molecule has 2 N–H and O–H groups in total. The number of amides is 1. The highest BCUT2D eigenvalue weighted by molar-refractivity contribution is 9.10. The molecule has 0 atom stereocenters. The number of pyridine rings is 1. The van der Waals surface area contributed by atoms with E-state index in [-0.39, 0.29) is 12.1 Å². The van der Waals surface area contributed by atoms with Crippen molar-refractivity contribution in [1.82, 2.24) is 15.6 Å². The maximum atomic E-state index is 11.8. The molecule has 1 aromatic rings. The van der Waals surface area contributed by atoms with Crippen LogP contribution in [0, 0.1) is 0 Å². The van der Waals surface area contributed by atoms with Crippen molar-refractivity contribution < 1.29 is 9.53 Å². The molecule has 0 radical (unpaired) electrons. The highest BCUT2D eigenvalue weighted by Crippen LogP contribution is 2.20. The van der Waals surface area contributed by atoms with E-state index in [1.807, 2.05) is 39.1 Å². The minimum atomic E-state index is -0.444. The van der Waals surface area contributed by atoms with E-state index >= 15 is 0 Å². The Morgan fingerprint density at radius 1 is 1.26 bits per heavy atom. The van der Waals surface area contributed by atoms with Crippen LogP contribution in [0.5, 0.6) is 0 Å². The number of alkyl carbamates (subject to hydrolysis) is 1. The van der Waals surface area contributed by atoms with Crippen molar-refractivity contribution in [2.24, 2.45) is 0 Å². The third kappa shape index (κ3) is 6.87. The number of nitrogens with zero attached hydrogens (tertiary/aromatic N) is 1. The second kappa shape index (κ2) is 8.11. The molecule has 23 heavy (non-hydrogen) atoms. The molecule has 6 heteroatoms. The molecule has 0 bridgehead atoms. The standard InChI is InChI=1S/C17H26BrN3O2/c1-17(2,3)23-16(22)21-14-8-6-13(7-9-14)20-11-15-5-4-12(18)10-19-15/h4-5,10,13-14,20H,6-9,11H2,1-3H3,(H,21,22)/t13-,14-. The van der Waals surface area contributed by atoms with Gasteiger partial charge in [-0.3, -0.25) is 4.98 Å². The predicted molar refractivity (Wildman–Crippen MR) is 94.2 cm³/mol. The minimum absolute atomic E-state index is 0.216. The van der Waals surface area contributed by atoms with E-state index in [1.165, 1.54) is 0 Å². The van der Waals surface area contributed by atoms with Gasteiger partial charge in [0.15, 0.2) is 0 Å². The van der Waals surface area contributed by atoms with Gasteiger partial charge in [-0.15, -0.1) is 0 Å². The molecule has 1 aliphatic rings. The van der Waals surface area contributed by atoms with E-state index in [1.54, 1.807) is 0 Å². The monoisotopic (exact) mass is 383 g/mol. The summed E-state index contributed by atoms with van der Waals surface area (Å²) >= 11 is 3.39. The lowest BCUT2D eigenvalue weighted by atomic mass is 9.91. The topological polar surface area (TPSA) is 63.2 Å². The summed E-state index contributed by atoms with van der Waals surface area (Å²) in [5, 5.41) is 6.52. The van der Waals surface area contributed by atoms with Gasteiger partial charge in [0.05, 0.1) is 5.69 Å². The summed E-state index contributed by atoms with van der Waals surface area (Å²) < 4.78 is 6.30. The molecular formula is C17H26BrN3O2. The van der Waals surface area contributed by atoms with Gasteiger partial charge in [0.2, 0.25) is 0 Å².